The summed E-state index contributed by atoms with van der Waals surface area (Å²) in [6.45, 7) is 5.77. The van der Waals surface area contributed by atoms with Crippen molar-refractivity contribution in [1.82, 2.24) is 9.80 Å². The molecular formula is C13H21N3O2. The number of nitriles is 1. The monoisotopic (exact) mass is 251 g/mol. The molecule has 0 N–H and O–H groups in total. The summed E-state index contributed by atoms with van der Waals surface area (Å²) in [5.74, 6) is 0.200. The third-order valence-corrected chi connectivity index (χ3v) is 3.83. The van der Waals surface area contributed by atoms with Crippen LogP contribution in [0.4, 0.5) is 0 Å². The lowest BCUT2D eigenvalue weighted by molar-refractivity contribution is -0.135. The van der Waals surface area contributed by atoms with E-state index in [1.807, 2.05) is 11.8 Å². The maximum Gasteiger partial charge on any atom is 0.225 e. The molecule has 2 aliphatic heterocycles. The van der Waals surface area contributed by atoms with Crippen LogP contribution in [0.5, 0.6) is 0 Å². The van der Waals surface area contributed by atoms with Gasteiger partial charge in [0.25, 0.3) is 0 Å². The lowest BCUT2D eigenvalue weighted by Crippen LogP contribution is -2.51. The zero-order valence-corrected chi connectivity index (χ0v) is 11.0. The van der Waals surface area contributed by atoms with Crippen molar-refractivity contribution in [3.63, 3.8) is 0 Å². The average molecular weight is 251 g/mol. The van der Waals surface area contributed by atoms with E-state index in [9.17, 15) is 4.79 Å². The first kappa shape index (κ1) is 13.3. The van der Waals surface area contributed by atoms with Crippen LogP contribution in [-0.4, -0.2) is 60.6 Å². The summed E-state index contributed by atoms with van der Waals surface area (Å²) >= 11 is 0. The third kappa shape index (κ3) is 3.21. The minimum Gasteiger partial charge on any atom is -0.378 e. The lowest BCUT2D eigenvalue weighted by Gasteiger charge is -2.36. The van der Waals surface area contributed by atoms with Gasteiger partial charge in [-0.15, -0.1) is 0 Å². The zero-order valence-electron chi connectivity index (χ0n) is 11.0. The fraction of sp³-hybridized carbons (Fsp3) is 0.846. The molecule has 2 atom stereocenters. The molecule has 100 valence electrons. The normalized spacial score (nSPS) is 26.9. The molecule has 0 bridgehead atoms. The smallest absolute Gasteiger partial charge is 0.225 e. The van der Waals surface area contributed by atoms with E-state index in [0.29, 0.717) is 6.42 Å². The van der Waals surface area contributed by atoms with Gasteiger partial charge in [-0.2, -0.15) is 5.26 Å². The predicted octanol–water partition coefficient (Wildman–Crippen LogP) is 0.612. The van der Waals surface area contributed by atoms with Gasteiger partial charge in [-0.05, 0) is 19.8 Å². The number of hydrogen-bond donors (Lipinski definition) is 0. The Bertz CT molecular complexity index is 326. The Labute approximate surface area is 108 Å². The highest BCUT2D eigenvalue weighted by Crippen LogP contribution is 2.17. The summed E-state index contributed by atoms with van der Waals surface area (Å²) in [5, 5.41) is 8.86. The van der Waals surface area contributed by atoms with Crippen molar-refractivity contribution in [3.05, 3.63) is 0 Å². The maximum atomic E-state index is 12.1. The van der Waals surface area contributed by atoms with Crippen molar-refractivity contribution in [1.29, 1.82) is 5.26 Å². The van der Waals surface area contributed by atoms with Crippen molar-refractivity contribution in [3.8, 4) is 6.07 Å². The Hall–Kier alpha value is -1.12. The van der Waals surface area contributed by atoms with E-state index >= 15 is 0 Å². The lowest BCUT2D eigenvalue weighted by atomic mass is 10.1. The summed E-state index contributed by atoms with van der Waals surface area (Å²) in [6, 6.07) is 2.18. The number of nitrogens with zero attached hydrogens (tertiary/aromatic N) is 3. The molecule has 0 aliphatic carbocycles. The van der Waals surface area contributed by atoms with Gasteiger partial charge >= 0.3 is 0 Å². The van der Waals surface area contributed by atoms with Crippen molar-refractivity contribution < 1.29 is 9.53 Å². The molecule has 2 saturated heterocycles. The van der Waals surface area contributed by atoms with Crippen LogP contribution in [0, 0.1) is 11.3 Å². The van der Waals surface area contributed by atoms with E-state index in [0.717, 1.165) is 45.6 Å². The number of ether oxygens (including phenoxy) is 1. The number of carbonyl (C=O) groups excluding carboxylic acids is 1. The maximum absolute atomic E-state index is 12.1. The molecule has 0 aromatic carbocycles. The molecule has 2 heterocycles. The highest BCUT2D eigenvalue weighted by molar-refractivity contribution is 5.76. The van der Waals surface area contributed by atoms with Gasteiger partial charge in [-0.3, -0.25) is 9.69 Å². The van der Waals surface area contributed by atoms with Crippen LogP contribution >= 0.6 is 0 Å². The largest absolute Gasteiger partial charge is 0.378 e. The van der Waals surface area contributed by atoms with Gasteiger partial charge in [0.15, 0.2) is 0 Å². The Kier molecular flexibility index (Phi) is 4.56. The van der Waals surface area contributed by atoms with E-state index in [1.54, 1.807) is 0 Å². The Balaban J connectivity index is 1.75. The minimum atomic E-state index is -0.0552. The zero-order chi connectivity index (χ0) is 13.0. The number of amides is 1. The fourth-order valence-electron chi connectivity index (χ4n) is 2.57. The van der Waals surface area contributed by atoms with E-state index in [1.165, 1.54) is 0 Å². The molecule has 2 fully saturated rings. The average Bonchev–Trinajstić information content (AvgIpc) is 2.91. The van der Waals surface area contributed by atoms with E-state index in [2.05, 4.69) is 11.0 Å². The van der Waals surface area contributed by atoms with E-state index in [-0.39, 0.29) is 18.1 Å². The van der Waals surface area contributed by atoms with Gasteiger partial charge < -0.3 is 9.64 Å². The van der Waals surface area contributed by atoms with Crippen LogP contribution in [0.1, 0.15) is 26.2 Å². The van der Waals surface area contributed by atoms with Gasteiger partial charge in [0, 0.05) is 32.8 Å². The Morgan fingerprint density at radius 2 is 2.17 bits per heavy atom. The Morgan fingerprint density at radius 1 is 1.44 bits per heavy atom. The van der Waals surface area contributed by atoms with Crippen molar-refractivity contribution in [2.45, 2.75) is 38.3 Å². The van der Waals surface area contributed by atoms with Crippen molar-refractivity contribution in [2.75, 3.05) is 32.8 Å². The Morgan fingerprint density at radius 3 is 2.72 bits per heavy atom. The van der Waals surface area contributed by atoms with Gasteiger partial charge in [0.1, 0.15) is 0 Å². The first-order valence-electron chi connectivity index (χ1n) is 6.73. The molecule has 2 unspecified atom stereocenters. The SMILES string of the molecule is CC(C#N)N1CCN(C(=O)CC2CCCO2)CC1. The van der Waals surface area contributed by atoms with Crippen molar-refractivity contribution in [2.24, 2.45) is 0 Å². The minimum absolute atomic E-state index is 0.0552. The van der Waals surface area contributed by atoms with E-state index < -0.39 is 0 Å². The molecule has 0 aromatic heterocycles. The molecule has 18 heavy (non-hydrogen) atoms. The standard InChI is InChI=1S/C13H21N3O2/c1-11(10-14)15-4-6-16(7-5-15)13(17)9-12-3-2-8-18-12/h11-12H,2-9H2,1H3. The second-order valence-corrected chi connectivity index (χ2v) is 5.06. The van der Waals surface area contributed by atoms with Crippen LogP contribution in [0.2, 0.25) is 0 Å². The number of piperazine rings is 1. The molecule has 5 nitrogen and oxygen atoms in total. The fourth-order valence-corrected chi connectivity index (χ4v) is 2.57. The molecule has 0 saturated carbocycles. The number of carbonyl (C=O) groups is 1. The third-order valence-electron chi connectivity index (χ3n) is 3.83. The molecule has 0 aromatic rings. The summed E-state index contributed by atoms with van der Waals surface area (Å²) in [7, 11) is 0. The van der Waals surface area contributed by atoms with Crippen LogP contribution < -0.4 is 0 Å². The molecule has 2 aliphatic rings. The van der Waals surface area contributed by atoms with Crippen LogP contribution in [-0.2, 0) is 9.53 Å². The molecular weight excluding hydrogens is 230 g/mol. The van der Waals surface area contributed by atoms with Gasteiger partial charge in [0.05, 0.1) is 24.6 Å². The quantitative estimate of drug-likeness (QED) is 0.737. The summed E-state index contributed by atoms with van der Waals surface area (Å²) in [6.07, 6.45) is 2.74. The molecule has 0 spiro atoms. The summed E-state index contributed by atoms with van der Waals surface area (Å²) < 4.78 is 5.49. The van der Waals surface area contributed by atoms with E-state index in [4.69, 9.17) is 10.00 Å². The molecule has 1 amide bonds. The summed E-state index contributed by atoms with van der Waals surface area (Å²) in [4.78, 5) is 16.1. The first-order chi connectivity index (χ1) is 8.70. The van der Waals surface area contributed by atoms with Gasteiger partial charge in [-0.25, -0.2) is 0 Å². The highest BCUT2D eigenvalue weighted by atomic mass is 16.5. The van der Waals surface area contributed by atoms with Gasteiger partial charge in [-0.1, -0.05) is 0 Å². The highest BCUT2D eigenvalue weighted by Gasteiger charge is 2.26. The molecule has 0 radical (unpaired) electrons. The first-order valence-corrected chi connectivity index (χ1v) is 6.73. The number of hydrogen-bond acceptors (Lipinski definition) is 4. The molecule has 2 rings (SSSR count). The van der Waals surface area contributed by atoms with Crippen LogP contribution in [0.3, 0.4) is 0 Å². The van der Waals surface area contributed by atoms with Crippen LogP contribution in [0.25, 0.3) is 0 Å². The van der Waals surface area contributed by atoms with Crippen LogP contribution in [0.15, 0.2) is 0 Å². The topological polar surface area (TPSA) is 56.6 Å². The second-order valence-electron chi connectivity index (χ2n) is 5.06. The summed E-state index contributed by atoms with van der Waals surface area (Å²) in [5.41, 5.74) is 0. The van der Waals surface area contributed by atoms with Gasteiger partial charge in [0.2, 0.25) is 5.91 Å². The van der Waals surface area contributed by atoms with Crippen molar-refractivity contribution >= 4 is 5.91 Å². The molecule has 5 heteroatoms. The second kappa shape index (κ2) is 6.17. The number of rotatable bonds is 3. The predicted molar refractivity (Wildman–Crippen MR) is 66.8 cm³/mol.